The summed E-state index contributed by atoms with van der Waals surface area (Å²) in [4.78, 5) is 11.3. The van der Waals surface area contributed by atoms with Crippen LogP contribution >= 0.6 is 0 Å². The minimum atomic E-state index is -8.03. The largest absolute Gasteiger partial charge is 0.460 e. The van der Waals surface area contributed by atoms with Crippen LogP contribution in [0.1, 0.15) is 10.4 Å². The zero-order valence-corrected chi connectivity index (χ0v) is 12.2. The Morgan fingerprint density at radius 1 is 0.556 bits per heavy atom. The monoisotopic (exact) mass is 424 g/mol. The summed E-state index contributed by atoms with van der Waals surface area (Å²) < 4.78 is 168. The standard InChI is InChI=1S/C13H5F13O/c14-8(15,7(27)6-4-2-1-3-5-6)9(16,17)10(18,19)11(20,21)12(22,23)13(24,25)26/h1-5H. The van der Waals surface area contributed by atoms with Gasteiger partial charge in [0.05, 0.1) is 0 Å². The molecule has 0 aliphatic rings. The second-order valence-corrected chi connectivity index (χ2v) is 5.06. The van der Waals surface area contributed by atoms with Crippen molar-refractivity contribution in [1.29, 1.82) is 0 Å². The first kappa shape index (κ1) is 23.0. The first-order chi connectivity index (χ1) is 11.8. The summed E-state index contributed by atoms with van der Waals surface area (Å²) in [6, 6.07) is 3.32. The normalized spacial score (nSPS) is 15.0. The fourth-order valence-electron chi connectivity index (χ4n) is 1.68. The number of rotatable bonds is 6. The van der Waals surface area contributed by atoms with Crippen LogP contribution in [-0.2, 0) is 0 Å². The van der Waals surface area contributed by atoms with Gasteiger partial charge in [-0.15, -0.1) is 0 Å². The number of Topliss-reactive ketones (excluding diaryl/α,β-unsaturated/α-hetero) is 1. The van der Waals surface area contributed by atoms with E-state index in [2.05, 4.69) is 0 Å². The average molecular weight is 424 g/mol. The van der Waals surface area contributed by atoms with Gasteiger partial charge in [-0.05, 0) is 0 Å². The maximum atomic E-state index is 13.6. The van der Waals surface area contributed by atoms with Crippen LogP contribution < -0.4 is 0 Å². The molecule has 1 aromatic carbocycles. The number of hydrogen-bond acceptors (Lipinski definition) is 1. The molecule has 0 aromatic heterocycles. The van der Waals surface area contributed by atoms with E-state index < -0.39 is 47.1 Å². The van der Waals surface area contributed by atoms with Gasteiger partial charge in [0.15, 0.2) is 0 Å². The van der Waals surface area contributed by atoms with E-state index in [1.807, 2.05) is 0 Å². The lowest BCUT2D eigenvalue weighted by Crippen LogP contribution is -2.71. The van der Waals surface area contributed by atoms with E-state index in [4.69, 9.17) is 0 Å². The first-order valence-electron chi connectivity index (χ1n) is 6.32. The summed E-state index contributed by atoms with van der Waals surface area (Å²) in [6.07, 6.45) is -7.49. The molecule has 0 spiro atoms. The molecule has 1 rings (SSSR count). The molecule has 0 unspecified atom stereocenters. The molecule has 0 aliphatic heterocycles. The summed E-state index contributed by atoms with van der Waals surface area (Å²) in [5.41, 5.74) is -1.41. The lowest BCUT2D eigenvalue weighted by Gasteiger charge is -2.39. The van der Waals surface area contributed by atoms with Gasteiger partial charge in [0.1, 0.15) is 0 Å². The molecule has 0 aliphatic carbocycles. The van der Waals surface area contributed by atoms with Crippen molar-refractivity contribution in [3.63, 3.8) is 0 Å². The van der Waals surface area contributed by atoms with Crippen LogP contribution in [0.2, 0.25) is 0 Å². The van der Waals surface area contributed by atoms with E-state index >= 15 is 0 Å². The number of halogens is 13. The van der Waals surface area contributed by atoms with Gasteiger partial charge in [0.25, 0.3) is 0 Å². The zero-order chi connectivity index (χ0) is 21.7. The SMILES string of the molecule is O=C(c1ccccc1)C(F)(F)C(F)(F)C(F)(F)C(F)(F)C(F)(F)C(F)(F)F. The number of hydrogen-bond donors (Lipinski definition) is 0. The molecule has 0 bridgehead atoms. The van der Waals surface area contributed by atoms with E-state index in [-0.39, 0.29) is 0 Å². The Hall–Kier alpha value is -2.02. The maximum Gasteiger partial charge on any atom is 0.460 e. The Balaban J connectivity index is 3.52. The number of alkyl halides is 13. The molecule has 1 nitrogen and oxygen atoms in total. The van der Waals surface area contributed by atoms with Gasteiger partial charge in [-0.3, -0.25) is 4.79 Å². The Morgan fingerprint density at radius 3 is 1.30 bits per heavy atom. The molecular formula is C13H5F13O. The van der Waals surface area contributed by atoms with Crippen LogP contribution in [0.4, 0.5) is 57.1 Å². The highest BCUT2D eigenvalue weighted by atomic mass is 19.4. The molecular weight excluding hydrogens is 419 g/mol. The molecule has 0 N–H and O–H groups in total. The van der Waals surface area contributed by atoms with Crippen molar-refractivity contribution in [2.24, 2.45) is 0 Å². The van der Waals surface area contributed by atoms with Crippen molar-refractivity contribution in [3.05, 3.63) is 35.9 Å². The van der Waals surface area contributed by atoms with E-state index in [9.17, 15) is 61.9 Å². The minimum Gasteiger partial charge on any atom is -0.287 e. The fourth-order valence-corrected chi connectivity index (χ4v) is 1.68. The summed E-state index contributed by atoms with van der Waals surface area (Å²) in [6.45, 7) is 0. The molecule has 0 fully saturated rings. The molecule has 0 heterocycles. The molecule has 0 saturated carbocycles. The molecule has 1 aromatic rings. The quantitative estimate of drug-likeness (QED) is 0.429. The Labute approximate surface area is 140 Å². The highest BCUT2D eigenvalue weighted by molar-refractivity contribution is 6.02. The lowest BCUT2D eigenvalue weighted by molar-refractivity contribution is -0.435. The zero-order valence-electron chi connectivity index (χ0n) is 12.2. The Morgan fingerprint density at radius 2 is 0.926 bits per heavy atom. The van der Waals surface area contributed by atoms with Gasteiger partial charge in [-0.2, -0.15) is 57.1 Å². The topological polar surface area (TPSA) is 17.1 Å². The number of carbonyl (C=O) groups excluding carboxylic acids is 1. The Kier molecular flexibility index (Phi) is 5.34. The van der Waals surface area contributed by atoms with Crippen LogP contribution in [0.5, 0.6) is 0 Å². The van der Waals surface area contributed by atoms with Crippen molar-refractivity contribution in [3.8, 4) is 0 Å². The third-order valence-electron chi connectivity index (χ3n) is 3.25. The molecule has 14 heteroatoms. The second-order valence-electron chi connectivity index (χ2n) is 5.06. The lowest BCUT2D eigenvalue weighted by atomic mass is 9.90. The fraction of sp³-hybridized carbons (Fsp3) is 0.462. The number of ketones is 1. The molecule has 0 saturated heterocycles. The van der Waals surface area contributed by atoms with Crippen molar-refractivity contribution < 1.29 is 61.9 Å². The predicted molar refractivity (Wildman–Crippen MR) is 61.6 cm³/mol. The van der Waals surface area contributed by atoms with E-state index in [0.29, 0.717) is 12.1 Å². The molecule has 154 valence electrons. The average Bonchev–Trinajstić information content (AvgIpc) is 2.53. The summed E-state index contributed by atoms with van der Waals surface area (Å²) in [5, 5.41) is 0. The summed E-state index contributed by atoms with van der Waals surface area (Å²) in [5.74, 6) is -41.4. The van der Waals surface area contributed by atoms with Crippen LogP contribution in [0.3, 0.4) is 0 Å². The third-order valence-corrected chi connectivity index (χ3v) is 3.25. The Bertz CT molecular complexity index is 690. The summed E-state index contributed by atoms with van der Waals surface area (Å²) in [7, 11) is 0. The van der Waals surface area contributed by atoms with Crippen LogP contribution in [0, 0.1) is 0 Å². The molecule has 0 radical (unpaired) electrons. The van der Waals surface area contributed by atoms with E-state index in [0.717, 1.165) is 18.2 Å². The molecule has 0 atom stereocenters. The maximum absolute atomic E-state index is 13.6. The van der Waals surface area contributed by atoms with Gasteiger partial charge >= 0.3 is 35.8 Å². The van der Waals surface area contributed by atoms with Crippen LogP contribution in [-0.4, -0.2) is 41.6 Å². The highest BCUT2D eigenvalue weighted by Crippen LogP contribution is 2.60. The van der Waals surface area contributed by atoms with Gasteiger partial charge in [0, 0.05) is 5.56 Å². The van der Waals surface area contributed by atoms with E-state index in [1.165, 1.54) is 0 Å². The predicted octanol–water partition coefficient (Wildman–Crippen LogP) is 5.61. The minimum absolute atomic E-state index is 0.368. The smallest absolute Gasteiger partial charge is 0.287 e. The number of carbonyl (C=O) groups is 1. The number of benzene rings is 1. The van der Waals surface area contributed by atoms with Gasteiger partial charge in [-0.25, -0.2) is 0 Å². The first-order valence-corrected chi connectivity index (χ1v) is 6.32. The van der Waals surface area contributed by atoms with Crippen molar-refractivity contribution in [1.82, 2.24) is 0 Å². The van der Waals surface area contributed by atoms with Gasteiger partial charge in [-0.1, -0.05) is 30.3 Å². The van der Waals surface area contributed by atoms with Crippen molar-refractivity contribution in [2.45, 2.75) is 35.8 Å². The van der Waals surface area contributed by atoms with Crippen LogP contribution in [0.15, 0.2) is 30.3 Å². The van der Waals surface area contributed by atoms with Gasteiger partial charge < -0.3 is 0 Å². The summed E-state index contributed by atoms with van der Waals surface area (Å²) >= 11 is 0. The van der Waals surface area contributed by atoms with Crippen LogP contribution in [0.25, 0.3) is 0 Å². The third kappa shape index (κ3) is 3.12. The van der Waals surface area contributed by atoms with E-state index in [1.54, 1.807) is 0 Å². The van der Waals surface area contributed by atoms with Crippen molar-refractivity contribution >= 4 is 5.78 Å². The van der Waals surface area contributed by atoms with Gasteiger partial charge in [0.2, 0.25) is 5.78 Å². The highest BCUT2D eigenvalue weighted by Gasteiger charge is 2.91. The second kappa shape index (κ2) is 6.26. The molecule has 0 amide bonds. The molecule has 27 heavy (non-hydrogen) atoms. The van der Waals surface area contributed by atoms with Crippen molar-refractivity contribution in [2.75, 3.05) is 0 Å².